The summed E-state index contributed by atoms with van der Waals surface area (Å²) >= 11 is 6.90. The van der Waals surface area contributed by atoms with Gasteiger partial charge in [-0.05, 0) is 42.5 Å². The first-order valence-corrected chi connectivity index (χ1v) is 10.3. The number of hydrogen-bond donors (Lipinski definition) is 0. The minimum Gasteiger partial charge on any atom is -0.496 e. The fraction of sp³-hybridized carbons (Fsp3) is 0.350. The third kappa shape index (κ3) is 5.70. The van der Waals surface area contributed by atoms with Crippen molar-refractivity contribution in [2.24, 2.45) is 0 Å². The quantitative estimate of drug-likeness (QED) is 0.606. The summed E-state index contributed by atoms with van der Waals surface area (Å²) in [5.74, 6) is 1.61. The molecule has 0 saturated carbocycles. The third-order valence-corrected chi connectivity index (χ3v) is 5.56. The van der Waals surface area contributed by atoms with Gasteiger partial charge in [0.1, 0.15) is 11.5 Å². The monoisotopic (exact) mass is 496 g/mol. The Morgan fingerprint density at radius 3 is 2.33 bits per heavy atom. The van der Waals surface area contributed by atoms with E-state index in [-0.39, 0.29) is 12.5 Å². The van der Waals surface area contributed by atoms with Gasteiger partial charge in [-0.25, -0.2) is 0 Å². The van der Waals surface area contributed by atoms with Gasteiger partial charge in [0.2, 0.25) is 0 Å². The van der Waals surface area contributed by atoms with Crippen molar-refractivity contribution in [1.29, 1.82) is 0 Å². The highest BCUT2D eigenvalue weighted by Crippen LogP contribution is 2.24. The van der Waals surface area contributed by atoms with Crippen LogP contribution < -0.4 is 9.47 Å². The molecule has 144 valence electrons. The van der Waals surface area contributed by atoms with E-state index in [0.29, 0.717) is 18.8 Å². The topological polar surface area (TPSA) is 42.0 Å². The Hall–Kier alpha value is -1.57. The zero-order valence-corrected chi connectivity index (χ0v) is 18.3. The Bertz CT molecular complexity index is 775. The minimum atomic E-state index is 0.0256. The van der Waals surface area contributed by atoms with E-state index in [0.717, 1.165) is 39.9 Å². The zero-order chi connectivity index (χ0) is 19.2. The molecule has 0 N–H and O–H groups in total. The second-order valence-corrected chi connectivity index (χ2v) is 8.19. The van der Waals surface area contributed by atoms with Crippen LogP contribution >= 0.6 is 31.9 Å². The van der Waals surface area contributed by atoms with E-state index < -0.39 is 0 Å². The van der Waals surface area contributed by atoms with Crippen LogP contribution in [0.15, 0.2) is 51.4 Å². The lowest BCUT2D eigenvalue weighted by Gasteiger charge is -2.35. The molecule has 27 heavy (non-hydrogen) atoms. The molecule has 0 spiro atoms. The van der Waals surface area contributed by atoms with Gasteiger partial charge >= 0.3 is 0 Å². The number of carbonyl (C=O) groups is 1. The van der Waals surface area contributed by atoms with E-state index in [9.17, 15) is 4.79 Å². The molecule has 0 radical (unpaired) electrons. The van der Waals surface area contributed by atoms with Gasteiger partial charge in [-0.3, -0.25) is 9.69 Å². The minimum absolute atomic E-state index is 0.0256. The normalized spacial score (nSPS) is 14.9. The number of ether oxygens (including phenoxy) is 2. The summed E-state index contributed by atoms with van der Waals surface area (Å²) in [5, 5.41) is 0. The van der Waals surface area contributed by atoms with Gasteiger partial charge < -0.3 is 14.4 Å². The highest BCUT2D eigenvalue weighted by atomic mass is 79.9. The first-order chi connectivity index (χ1) is 13.0. The molecule has 3 rings (SSSR count). The highest BCUT2D eigenvalue weighted by molar-refractivity contribution is 9.10. The van der Waals surface area contributed by atoms with Gasteiger partial charge in [-0.15, -0.1) is 0 Å². The second-order valence-electron chi connectivity index (χ2n) is 6.36. The number of amides is 1. The van der Waals surface area contributed by atoms with Crippen molar-refractivity contribution in [3.05, 3.63) is 57.0 Å². The van der Waals surface area contributed by atoms with Crippen molar-refractivity contribution in [1.82, 2.24) is 9.80 Å². The zero-order valence-electron chi connectivity index (χ0n) is 15.2. The van der Waals surface area contributed by atoms with Crippen LogP contribution in [0, 0.1) is 0 Å². The van der Waals surface area contributed by atoms with Crippen LogP contribution in [0.4, 0.5) is 0 Å². The van der Waals surface area contributed by atoms with Gasteiger partial charge in [0, 0.05) is 47.2 Å². The number of benzene rings is 2. The summed E-state index contributed by atoms with van der Waals surface area (Å²) in [7, 11) is 1.69. The number of piperazine rings is 1. The number of halogens is 2. The highest BCUT2D eigenvalue weighted by Gasteiger charge is 2.22. The molecule has 2 aromatic rings. The number of hydrogen-bond acceptors (Lipinski definition) is 4. The van der Waals surface area contributed by atoms with Gasteiger partial charge in [-0.2, -0.15) is 0 Å². The molecule has 1 heterocycles. The van der Waals surface area contributed by atoms with Crippen LogP contribution in [-0.2, 0) is 11.3 Å². The molecule has 0 aromatic heterocycles. The standard InChI is InChI=1S/C20H22Br2N2O3/c1-26-19-7-4-17(22)12-15(19)13-23-8-10-24(11-9-23)20(25)14-27-18-5-2-16(21)3-6-18/h2-7,12H,8-11,13-14H2,1H3. The van der Waals surface area contributed by atoms with Crippen molar-refractivity contribution < 1.29 is 14.3 Å². The van der Waals surface area contributed by atoms with E-state index in [2.05, 4.69) is 42.8 Å². The Morgan fingerprint density at radius 2 is 1.67 bits per heavy atom. The molecule has 1 amide bonds. The lowest BCUT2D eigenvalue weighted by molar-refractivity contribution is -0.135. The Labute approximate surface area is 176 Å². The first kappa shape index (κ1) is 20.2. The van der Waals surface area contributed by atoms with Crippen molar-refractivity contribution in [2.45, 2.75) is 6.54 Å². The van der Waals surface area contributed by atoms with Gasteiger partial charge in [0.15, 0.2) is 6.61 Å². The van der Waals surface area contributed by atoms with Crippen molar-refractivity contribution >= 4 is 37.8 Å². The van der Waals surface area contributed by atoms with Gasteiger partial charge in [-0.1, -0.05) is 31.9 Å². The summed E-state index contributed by atoms with van der Waals surface area (Å²) < 4.78 is 13.1. The first-order valence-electron chi connectivity index (χ1n) is 8.76. The number of methoxy groups -OCH3 is 1. The van der Waals surface area contributed by atoms with E-state index in [1.165, 1.54) is 0 Å². The maximum Gasteiger partial charge on any atom is 0.260 e. The predicted octanol–water partition coefficient (Wildman–Crippen LogP) is 3.94. The number of carbonyl (C=O) groups excluding carboxylic acids is 1. The largest absolute Gasteiger partial charge is 0.496 e. The maximum atomic E-state index is 12.4. The fourth-order valence-electron chi connectivity index (χ4n) is 3.03. The van der Waals surface area contributed by atoms with Crippen LogP contribution in [0.5, 0.6) is 11.5 Å². The Kier molecular flexibility index (Phi) is 7.15. The molecular weight excluding hydrogens is 476 g/mol. The molecule has 0 atom stereocenters. The van der Waals surface area contributed by atoms with Gasteiger partial charge in [0.25, 0.3) is 5.91 Å². The maximum absolute atomic E-state index is 12.4. The van der Waals surface area contributed by atoms with E-state index in [1.807, 2.05) is 41.3 Å². The summed E-state index contributed by atoms with van der Waals surface area (Å²) in [6, 6.07) is 13.5. The average molecular weight is 498 g/mol. The van der Waals surface area contributed by atoms with Gasteiger partial charge in [0.05, 0.1) is 7.11 Å². The van der Waals surface area contributed by atoms with Crippen molar-refractivity contribution in [2.75, 3.05) is 39.9 Å². The van der Waals surface area contributed by atoms with E-state index in [1.54, 1.807) is 7.11 Å². The van der Waals surface area contributed by atoms with Crippen molar-refractivity contribution in [3.8, 4) is 11.5 Å². The Balaban J connectivity index is 1.47. The van der Waals surface area contributed by atoms with Crippen LogP contribution in [0.2, 0.25) is 0 Å². The molecule has 5 nitrogen and oxygen atoms in total. The van der Waals surface area contributed by atoms with Crippen LogP contribution in [0.3, 0.4) is 0 Å². The number of rotatable bonds is 6. The van der Waals surface area contributed by atoms with Crippen LogP contribution in [-0.4, -0.2) is 55.6 Å². The predicted molar refractivity (Wildman–Crippen MR) is 112 cm³/mol. The fourth-order valence-corrected chi connectivity index (χ4v) is 3.71. The molecule has 7 heteroatoms. The molecule has 1 saturated heterocycles. The van der Waals surface area contributed by atoms with E-state index in [4.69, 9.17) is 9.47 Å². The molecular formula is C20H22Br2N2O3. The lowest BCUT2D eigenvalue weighted by atomic mass is 10.1. The molecule has 0 bridgehead atoms. The molecule has 0 unspecified atom stereocenters. The summed E-state index contributed by atoms with van der Waals surface area (Å²) in [5.41, 5.74) is 1.14. The van der Waals surface area contributed by atoms with E-state index >= 15 is 0 Å². The summed E-state index contributed by atoms with van der Waals surface area (Å²) in [6.45, 7) is 3.96. The SMILES string of the molecule is COc1ccc(Br)cc1CN1CCN(C(=O)COc2ccc(Br)cc2)CC1. The summed E-state index contributed by atoms with van der Waals surface area (Å²) in [6.07, 6.45) is 0. The molecule has 1 aliphatic rings. The lowest BCUT2D eigenvalue weighted by Crippen LogP contribution is -2.49. The third-order valence-electron chi connectivity index (χ3n) is 4.54. The number of nitrogens with zero attached hydrogens (tertiary/aromatic N) is 2. The Morgan fingerprint density at radius 1 is 1.00 bits per heavy atom. The molecule has 1 fully saturated rings. The van der Waals surface area contributed by atoms with Crippen molar-refractivity contribution in [3.63, 3.8) is 0 Å². The molecule has 1 aliphatic heterocycles. The van der Waals surface area contributed by atoms with Crippen LogP contribution in [0.25, 0.3) is 0 Å². The summed E-state index contributed by atoms with van der Waals surface area (Å²) in [4.78, 5) is 16.6. The second kappa shape index (κ2) is 9.57. The molecule has 0 aliphatic carbocycles. The molecule has 2 aromatic carbocycles. The average Bonchev–Trinajstić information content (AvgIpc) is 2.68. The van der Waals surface area contributed by atoms with Crippen LogP contribution in [0.1, 0.15) is 5.56 Å². The smallest absolute Gasteiger partial charge is 0.260 e.